The molecule has 0 bridgehead atoms. The van der Waals surface area contributed by atoms with Gasteiger partial charge in [0.15, 0.2) is 18.0 Å². The number of aromatic amines is 3. The molecule has 1 amide bonds. The Kier molecular flexibility index (Phi) is 31.8. The molecule has 46 nitrogen and oxygen atoms in total. The van der Waals surface area contributed by atoms with Crippen LogP contribution in [0.25, 0.3) is 11.2 Å². The molecule has 4 unspecified atom stereocenters. The third kappa shape index (κ3) is 24.2. The predicted octanol–water partition coefficient (Wildman–Crippen LogP) is -1.56. The van der Waals surface area contributed by atoms with Gasteiger partial charge in [0, 0.05) is 75.5 Å². The third-order valence-electron chi connectivity index (χ3n) is 18.6. The number of halogens is 1. The monoisotopic (exact) mass is 1850 g/mol. The van der Waals surface area contributed by atoms with Gasteiger partial charge in [-0.15, -0.1) is 0 Å². The SMILES string of the molecule is Cc1cn([C@H]2C[C@@H](OP(=S)(OCCOCCOCCNC(=O)CCOCCN)OC[C@H]3O[C@@H](n4ccc(N)nc4=O)C[C@H]3C(C)C)[C@@H](COP([O-])(=S)O[C@@H]3C[C@H](n4cnc5c(=O)[nH]c(N)nc54)O[C@@H]3COP(=O)([S-])O[C@@H]3C[C@H](n4ccc(N)nc4=O)O[C@@H]3COP([O-])(=S)O[C@@H]3C[C@H](n4cc(Br)c(=O)[nH]c4=O)O[C@@H]3CO)O2)c(=O)[nH]c1=O. The van der Waals surface area contributed by atoms with Gasteiger partial charge in [-0.3, -0.25) is 61.5 Å². The van der Waals surface area contributed by atoms with Crippen molar-refractivity contribution < 1.29 is 103 Å². The van der Waals surface area contributed by atoms with Gasteiger partial charge in [0.1, 0.15) is 80.6 Å². The van der Waals surface area contributed by atoms with Gasteiger partial charge in [0.05, 0.1) is 121 Å². The van der Waals surface area contributed by atoms with Crippen LogP contribution < -0.4 is 77.5 Å². The fourth-order valence-electron chi connectivity index (χ4n) is 13.0. The molecule has 0 aromatic carbocycles. The highest BCUT2D eigenvalue weighted by atomic mass is 79.9. The molecule has 13 N–H and O–H groups in total. The van der Waals surface area contributed by atoms with E-state index >= 15 is 0 Å². The second-order valence-corrected chi connectivity index (χ2v) is 38.9. The first-order valence-corrected chi connectivity index (χ1v) is 46.9. The molecular weight excluding hydrogens is 1770 g/mol. The Morgan fingerprint density at radius 3 is 1.70 bits per heavy atom. The number of hydrogen-bond acceptors (Lipinski definition) is 41. The summed E-state index contributed by atoms with van der Waals surface area (Å²) in [6, 6.07) is 2.74. The van der Waals surface area contributed by atoms with E-state index in [1.54, 1.807) is 0 Å². The lowest BCUT2D eigenvalue weighted by Gasteiger charge is -2.35. The number of nitrogens with zero attached hydrogens (tertiary/aromatic N) is 9. The van der Waals surface area contributed by atoms with E-state index < -0.39 is 179 Å². The van der Waals surface area contributed by atoms with Crippen LogP contribution in [-0.2, 0) is 136 Å². The number of H-pyrrole nitrogens is 3. The van der Waals surface area contributed by atoms with Gasteiger partial charge in [-0.2, -0.15) is 15.0 Å². The number of fused-ring (bicyclic) bond motifs is 1. The molecule has 0 spiro atoms. The molecule has 0 saturated carbocycles. The number of hydrogen-bond donors (Lipinski definition) is 9. The number of carbonyl (C=O) groups is 1. The van der Waals surface area contributed by atoms with Crippen molar-refractivity contribution >= 4 is 125 Å². The van der Waals surface area contributed by atoms with E-state index in [0.717, 1.165) is 19.9 Å². The number of amides is 1. The number of imidazole rings is 1. The van der Waals surface area contributed by atoms with Gasteiger partial charge in [-0.05, 0) is 65.0 Å². The number of anilines is 3. The quantitative estimate of drug-likeness (QED) is 0.0119. The van der Waals surface area contributed by atoms with E-state index in [2.05, 4.69) is 56.1 Å². The number of nitrogens with one attached hydrogen (secondary N) is 4. The summed E-state index contributed by atoms with van der Waals surface area (Å²) in [4.78, 5) is 154. The maximum absolute atomic E-state index is 14.9. The average molecular weight is 1850 g/mol. The zero-order valence-corrected chi connectivity index (χ0v) is 70.4. The summed E-state index contributed by atoms with van der Waals surface area (Å²) < 4.78 is 123. The number of ether oxygens (including phenoxy) is 8. The second-order valence-electron chi connectivity index (χ2n) is 27.0. The molecule has 55 heteroatoms. The Bertz CT molecular complexity index is 5090. The van der Waals surface area contributed by atoms with Crippen LogP contribution in [0.4, 0.5) is 17.6 Å². The third-order valence-corrected chi connectivity index (χ3v) is 26.3. The Morgan fingerprint density at radius 1 is 0.621 bits per heavy atom. The molecule has 11 heterocycles. The van der Waals surface area contributed by atoms with E-state index in [4.69, 9.17) is 149 Å². The number of nitrogens with two attached hydrogens (primary N) is 4. The largest absolute Gasteiger partial charge is 0.780 e. The first kappa shape index (κ1) is 91.3. The smallest absolute Gasteiger partial charge is 0.351 e. The van der Waals surface area contributed by atoms with Crippen LogP contribution >= 0.6 is 42.9 Å². The molecule has 5 aliphatic rings. The van der Waals surface area contributed by atoms with Gasteiger partial charge in [0.25, 0.3) is 16.7 Å². The molecule has 642 valence electrons. The number of aliphatic hydroxyl groups excluding tert-OH is 1. The topological polar surface area (TPSA) is 617 Å². The minimum Gasteiger partial charge on any atom is -0.780 e. The first-order valence-electron chi connectivity index (χ1n) is 35.9. The highest BCUT2D eigenvalue weighted by Gasteiger charge is 2.48. The lowest BCUT2D eigenvalue weighted by Crippen LogP contribution is -2.34. The van der Waals surface area contributed by atoms with Gasteiger partial charge < -0.3 is 134 Å². The molecule has 19 atom stereocenters. The van der Waals surface area contributed by atoms with Gasteiger partial charge in [-0.25, -0.2) is 24.2 Å². The summed E-state index contributed by atoms with van der Waals surface area (Å²) in [5, 5.41) is 12.9. The zero-order valence-electron chi connectivity index (χ0n) is 61.9. The number of aromatic nitrogens is 12. The van der Waals surface area contributed by atoms with Gasteiger partial charge in [-0.1, -0.05) is 37.5 Å². The lowest BCUT2D eigenvalue weighted by atomic mass is 9.89. The first-order chi connectivity index (χ1) is 55.1. The van der Waals surface area contributed by atoms with Gasteiger partial charge in [0.2, 0.25) is 11.9 Å². The highest BCUT2D eigenvalue weighted by Crippen LogP contribution is 2.57. The number of aliphatic hydroxyl groups is 1. The summed E-state index contributed by atoms with van der Waals surface area (Å²) >= 11 is 25.6. The molecule has 116 heavy (non-hydrogen) atoms. The van der Waals surface area contributed by atoms with Crippen LogP contribution in [0, 0.1) is 18.8 Å². The van der Waals surface area contributed by atoms with Crippen LogP contribution in [0.2, 0.25) is 0 Å². The Labute approximate surface area is 685 Å². The number of carbonyl (C=O) groups excluding carboxylic acids is 1. The van der Waals surface area contributed by atoms with Crippen molar-refractivity contribution in [2.75, 3.05) is 110 Å². The van der Waals surface area contributed by atoms with E-state index in [0.29, 0.717) is 19.6 Å². The molecule has 0 aliphatic carbocycles. The zero-order chi connectivity index (χ0) is 83.6. The van der Waals surface area contributed by atoms with Crippen molar-refractivity contribution in [3.63, 3.8) is 0 Å². The summed E-state index contributed by atoms with van der Waals surface area (Å²) in [6.45, 7) is -15.5. The van der Waals surface area contributed by atoms with Crippen molar-refractivity contribution in [3.05, 3.63) is 126 Å². The second kappa shape index (κ2) is 40.5. The molecular formula is C61H85BrN17O29P4S4-3. The number of aryl methyl sites for hydroxylation is 1. The molecule has 6 aromatic heterocycles. The fraction of sp³-hybridized carbons (Fsp3) is 0.639. The molecule has 0 radical (unpaired) electrons. The Balaban J connectivity index is 0.801. The Morgan fingerprint density at radius 2 is 1.11 bits per heavy atom. The van der Waals surface area contributed by atoms with Crippen LogP contribution in [0.1, 0.15) is 89.1 Å². The minimum absolute atomic E-state index is 0.00737. The van der Waals surface area contributed by atoms with Crippen molar-refractivity contribution in [2.24, 2.45) is 17.6 Å². The summed E-state index contributed by atoms with van der Waals surface area (Å²) in [5.74, 6) is -0.968. The maximum Gasteiger partial charge on any atom is 0.351 e. The van der Waals surface area contributed by atoms with Crippen LogP contribution in [-0.4, -0.2) is 216 Å². The van der Waals surface area contributed by atoms with E-state index in [1.165, 1.54) is 53.1 Å². The minimum atomic E-state index is -4.91. The summed E-state index contributed by atoms with van der Waals surface area (Å²) in [5.41, 5.74) is 17.4. The number of rotatable bonds is 42. The van der Waals surface area contributed by atoms with Crippen LogP contribution in [0.3, 0.4) is 0 Å². The van der Waals surface area contributed by atoms with Crippen molar-refractivity contribution in [1.29, 1.82) is 0 Å². The van der Waals surface area contributed by atoms with E-state index in [-0.39, 0.29) is 141 Å². The molecule has 5 saturated heterocycles. The van der Waals surface area contributed by atoms with Crippen molar-refractivity contribution in [3.8, 4) is 0 Å². The molecule has 5 fully saturated rings. The van der Waals surface area contributed by atoms with Crippen molar-refractivity contribution in [1.82, 2.24) is 63.0 Å². The van der Waals surface area contributed by atoms with E-state index in [1.807, 2.05) is 13.8 Å². The number of nitrogen functional groups attached to an aromatic ring is 3. The highest BCUT2D eigenvalue weighted by molar-refractivity contribution is 9.10. The summed E-state index contributed by atoms with van der Waals surface area (Å²) in [6.07, 6.45) is -12.0. The normalized spacial score (nSPS) is 27.0. The van der Waals surface area contributed by atoms with Gasteiger partial charge >= 0.3 is 29.5 Å². The summed E-state index contributed by atoms with van der Waals surface area (Å²) in [7, 11) is 0. The standard InChI is InChI=1S/C61H88BrN17O29P4S4/c1-31(2)33-18-47(75-9-4-44(64)69-58(75)85)101-40(33)26-99-112(116,95-17-16-94-15-14-93-13-8-67-46(81)6-11-92-12-7-63)108-38-22-49(77-23-32(3)54(82)73-60(77)87)103-43(38)29-98-111(91,115)107-37-21-51(79-30-68-52-53(79)71-57(66)72-56(52)84)104-42(37)28-97-110(90,114)106-36-20-48(76-10-5-45(65)70-59(76)86)102-41(36)27-96-109(89,113)105-35-19-50(100-39(35)25-80)78-24-34(62)55(83)74-61(78)88/h4-5,9-10,23-24,30-31,33,35-43,47-51,80H,6-8,11-22,25-29,63H2,1-3H3,(H,67,81)(H,89,113)(H,90,114)(H,91,115)(H2,64,69,85)(H2,65,70,86)(H,73,82,87)(H,74,83,88)(H3,66,71,72,84)/p-3/t33-,35+,36+,37+,38+,39+,40+,41+,42+,43+,47+,48+,49+,50+,51+,109?,110?,111?,112?/m0/s1. The Hall–Kier alpha value is -5.49. The average Bonchev–Trinajstić information content (AvgIpc) is 1.63. The maximum atomic E-state index is 14.9. The van der Waals surface area contributed by atoms with Crippen molar-refractivity contribution in [2.45, 2.75) is 145 Å². The molecule has 5 aliphatic heterocycles. The fourth-order valence-corrected chi connectivity index (χ4v) is 19.8. The van der Waals surface area contributed by atoms with E-state index in [9.17, 15) is 57.8 Å². The molecule has 11 rings (SSSR count). The van der Waals surface area contributed by atoms with Crippen LogP contribution in [0.5, 0.6) is 0 Å². The lowest BCUT2D eigenvalue weighted by molar-refractivity contribution is -0.216. The predicted molar refractivity (Wildman–Crippen MR) is 418 cm³/mol. The molecule has 6 aromatic rings. The van der Waals surface area contributed by atoms with Crippen LogP contribution in [0.15, 0.2) is 81.3 Å².